The number of ether oxygens (including phenoxy) is 1. The molecular weight excluding hydrogens is 375 g/mol. The van der Waals surface area contributed by atoms with E-state index in [1.807, 2.05) is 24.4 Å². The predicted octanol–water partition coefficient (Wildman–Crippen LogP) is 1.10. The van der Waals surface area contributed by atoms with Crippen molar-refractivity contribution in [2.75, 3.05) is 23.7 Å². The van der Waals surface area contributed by atoms with Gasteiger partial charge in [-0.3, -0.25) is 4.98 Å². The summed E-state index contributed by atoms with van der Waals surface area (Å²) in [4.78, 5) is 11.3. The Bertz CT molecular complexity index is 922. The molecule has 2 fully saturated rings. The van der Waals surface area contributed by atoms with Gasteiger partial charge in [-0.2, -0.15) is 0 Å². The molecule has 2 aliphatic rings. The lowest BCUT2D eigenvalue weighted by Gasteiger charge is -2.33. The Labute approximate surface area is 178 Å². The highest BCUT2D eigenvalue weighted by atomic mass is 16.5. The van der Waals surface area contributed by atoms with E-state index in [-0.39, 0.29) is 5.60 Å². The van der Waals surface area contributed by atoms with Crippen LogP contribution in [0.1, 0.15) is 32.6 Å². The fourth-order valence-electron chi connectivity index (χ4n) is 3.73. The second-order valence-corrected chi connectivity index (χ2v) is 8.41. The van der Waals surface area contributed by atoms with E-state index >= 15 is 0 Å². The van der Waals surface area contributed by atoms with Crippen molar-refractivity contribution in [3.63, 3.8) is 0 Å². The fourth-order valence-corrected chi connectivity index (χ4v) is 3.73. The van der Waals surface area contributed by atoms with E-state index in [1.54, 1.807) is 12.4 Å². The lowest BCUT2D eigenvalue weighted by Crippen LogP contribution is -2.42. The van der Waals surface area contributed by atoms with Crippen LogP contribution in [0.3, 0.4) is 0 Å². The molecule has 2 heterocycles. The van der Waals surface area contributed by atoms with Gasteiger partial charge in [0.15, 0.2) is 0 Å². The van der Waals surface area contributed by atoms with Gasteiger partial charge in [0.1, 0.15) is 23.5 Å². The molecule has 2 aromatic rings. The zero-order chi connectivity index (χ0) is 21.0. The minimum absolute atomic E-state index is 0.00823. The zero-order valence-corrected chi connectivity index (χ0v) is 17.5. The number of nitrogen functional groups attached to an aromatic ring is 1. The van der Waals surface area contributed by atoms with E-state index in [1.165, 1.54) is 6.21 Å². The van der Waals surface area contributed by atoms with Gasteiger partial charge in [-0.1, -0.05) is 5.46 Å². The molecule has 1 saturated carbocycles. The smallest absolute Gasteiger partial charge is 0.219 e. The quantitative estimate of drug-likeness (QED) is 0.346. The van der Waals surface area contributed by atoms with Gasteiger partial charge >= 0.3 is 0 Å². The fraction of sp³-hybridized carbons (Fsp3) is 0.409. The molecule has 4 N–H and O–H groups in total. The maximum atomic E-state index is 7.04. The molecule has 0 atom stereocenters. The average Bonchev–Trinajstić information content (AvgIpc) is 3.48. The highest BCUT2D eigenvalue weighted by Gasteiger charge is 2.40. The van der Waals surface area contributed by atoms with Crippen molar-refractivity contribution < 1.29 is 4.74 Å². The Hall–Kier alpha value is -3.03. The zero-order valence-electron chi connectivity index (χ0n) is 17.5. The molecule has 1 aliphatic carbocycles. The third-order valence-electron chi connectivity index (χ3n) is 5.86. The number of piperidine rings is 1. The summed E-state index contributed by atoms with van der Waals surface area (Å²) < 4.78 is 6.09. The number of allylic oxidation sites excluding steroid dienone is 1. The van der Waals surface area contributed by atoms with E-state index in [2.05, 4.69) is 33.2 Å². The number of rotatable bonds is 8. The van der Waals surface area contributed by atoms with Crippen molar-refractivity contribution in [2.24, 2.45) is 0 Å². The first kappa shape index (κ1) is 20.3. The summed E-state index contributed by atoms with van der Waals surface area (Å²) in [5, 5.41) is 10.4. The van der Waals surface area contributed by atoms with E-state index in [4.69, 9.17) is 15.9 Å². The molecule has 156 valence electrons. The number of anilines is 2. The number of hydrogen-bond acceptors (Lipinski definition) is 7. The predicted molar refractivity (Wildman–Crippen MR) is 124 cm³/mol. The van der Waals surface area contributed by atoms with E-state index < -0.39 is 0 Å². The highest BCUT2D eigenvalue weighted by molar-refractivity contribution is 6.68. The van der Waals surface area contributed by atoms with Crippen LogP contribution < -0.4 is 31.7 Å². The van der Waals surface area contributed by atoms with Crippen molar-refractivity contribution >= 4 is 36.1 Å². The van der Waals surface area contributed by atoms with Gasteiger partial charge < -0.3 is 26.1 Å². The normalized spacial score (nSPS) is 18.2. The number of nitrogens with zero attached hydrogens (tertiary/aromatic N) is 3. The molecule has 1 aromatic heterocycles. The monoisotopic (exact) mass is 404 g/mol. The molecule has 0 unspecified atom stereocenters. The van der Waals surface area contributed by atoms with Crippen LogP contribution in [0, 0.1) is 5.41 Å². The minimum atomic E-state index is -0.00823. The van der Waals surface area contributed by atoms with E-state index in [9.17, 15) is 0 Å². The number of nitrogens with two attached hydrogens (primary N) is 1. The van der Waals surface area contributed by atoms with Gasteiger partial charge in [-0.05, 0) is 69.1 Å². The first-order chi connectivity index (χ1) is 14.5. The van der Waals surface area contributed by atoms with Crippen molar-refractivity contribution in [2.45, 2.75) is 44.2 Å². The molecule has 8 heteroatoms. The molecule has 4 rings (SSSR count). The second kappa shape index (κ2) is 8.77. The molecule has 0 bridgehead atoms. The molecule has 1 saturated heterocycles. The molecule has 30 heavy (non-hydrogen) atoms. The summed E-state index contributed by atoms with van der Waals surface area (Å²) in [6, 6.07) is 8.42. The summed E-state index contributed by atoms with van der Waals surface area (Å²) in [5.41, 5.74) is 8.96. The third-order valence-corrected chi connectivity index (χ3v) is 5.86. The molecule has 1 aromatic carbocycles. The van der Waals surface area contributed by atoms with Gasteiger partial charge in [0, 0.05) is 36.6 Å². The highest BCUT2D eigenvalue weighted by Crippen LogP contribution is 2.39. The Kier molecular flexibility index (Phi) is 5.92. The first-order valence-electron chi connectivity index (χ1n) is 10.6. The van der Waals surface area contributed by atoms with E-state index in [0.717, 1.165) is 67.1 Å². The minimum Gasteiger partial charge on any atom is -0.488 e. The van der Waals surface area contributed by atoms with Crippen LogP contribution in [0.2, 0.25) is 0 Å². The average molecular weight is 404 g/mol. The largest absolute Gasteiger partial charge is 0.488 e. The summed E-state index contributed by atoms with van der Waals surface area (Å²) in [7, 11) is 0.654. The summed E-state index contributed by atoms with van der Waals surface area (Å²) in [6.07, 6.45) is 10.8. The summed E-state index contributed by atoms with van der Waals surface area (Å²) >= 11 is 0. The van der Waals surface area contributed by atoms with Crippen molar-refractivity contribution in [3.8, 4) is 5.75 Å². The van der Waals surface area contributed by atoms with Crippen LogP contribution in [0.15, 0.2) is 42.9 Å². The summed E-state index contributed by atoms with van der Waals surface area (Å²) in [6.45, 7) is 4.02. The number of nitrogens with one attached hydrogen (secondary N) is 2. The van der Waals surface area contributed by atoms with Crippen LogP contribution in [0.25, 0.3) is 0 Å². The third kappa shape index (κ3) is 5.12. The van der Waals surface area contributed by atoms with Gasteiger partial charge in [0.25, 0.3) is 0 Å². The number of benzene rings is 1. The lowest BCUT2D eigenvalue weighted by molar-refractivity contribution is 0.200. The number of hydrogen-bond donors (Lipinski definition) is 3. The first-order valence-corrected chi connectivity index (χ1v) is 10.6. The van der Waals surface area contributed by atoms with Crippen molar-refractivity contribution in [1.82, 2.24) is 15.3 Å². The Morgan fingerprint density at radius 2 is 2.07 bits per heavy atom. The summed E-state index contributed by atoms with van der Waals surface area (Å²) in [5.74, 6) is 1.84. The SMILES string of the molecule is CC1(Oc2ccc(N)c(Bc3cc(N4CCC(N/C=C\C=N)CC4)ncn3)c2)CC1. The van der Waals surface area contributed by atoms with Crippen molar-refractivity contribution in [3.05, 3.63) is 42.9 Å². The van der Waals surface area contributed by atoms with Crippen molar-refractivity contribution in [1.29, 1.82) is 5.41 Å². The maximum Gasteiger partial charge on any atom is 0.219 e. The maximum absolute atomic E-state index is 7.04. The van der Waals surface area contributed by atoms with Crippen LogP contribution in [0.5, 0.6) is 5.75 Å². The van der Waals surface area contributed by atoms with Gasteiger partial charge in [0.2, 0.25) is 7.28 Å². The van der Waals surface area contributed by atoms with Crippen LogP contribution in [0.4, 0.5) is 11.5 Å². The number of aromatic nitrogens is 2. The van der Waals surface area contributed by atoms with E-state index in [0.29, 0.717) is 13.3 Å². The second-order valence-electron chi connectivity index (χ2n) is 8.41. The topological polar surface area (TPSA) is 100 Å². The van der Waals surface area contributed by atoms with Gasteiger partial charge in [0.05, 0.1) is 0 Å². The molecule has 7 nitrogen and oxygen atoms in total. The molecule has 0 amide bonds. The Balaban J connectivity index is 1.40. The van der Waals surface area contributed by atoms with Crippen LogP contribution >= 0.6 is 0 Å². The molecule has 0 radical (unpaired) electrons. The molecule has 0 spiro atoms. The Morgan fingerprint density at radius 1 is 1.27 bits per heavy atom. The standard InChI is InChI=1S/C22H29BN6O/c1-22(7-8-22)30-17-3-4-19(25)18(13-17)23-20-14-21(28-15-27-20)29-11-5-16(6-12-29)26-10-2-9-24/h2-4,9-10,13-16,23-24,26H,5-8,11-12,25H2,1H3/b10-2-,24-9?. The molecular formula is C22H29BN6O. The molecule has 1 aliphatic heterocycles. The van der Waals surface area contributed by atoms with Gasteiger partial charge in [-0.15, -0.1) is 0 Å². The Morgan fingerprint density at radius 3 is 2.80 bits per heavy atom. The van der Waals surface area contributed by atoms with Crippen LogP contribution in [-0.4, -0.2) is 48.2 Å². The lowest BCUT2D eigenvalue weighted by atomic mass is 9.66. The van der Waals surface area contributed by atoms with Crippen LogP contribution in [-0.2, 0) is 0 Å². The van der Waals surface area contributed by atoms with Gasteiger partial charge in [-0.25, -0.2) is 4.98 Å².